The van der Waals surface area contributed by atoms with E-state index in [1.54, 1.807) is 24.3 Å². The normalized spacial score (nSPS) is 16.2. The Morgan fingerprint density at radius 1 is 1.03 bits per heavy atom. The molecule has 1 amide bonds. The van der Waals surface area contributed by atoms with Gasteiger partial charge in [-0.15, -0.1) is 0 Å². The summed E-state index contributed by atoms with van der Waals surface area (Å²) in [5.41, 5.74) is 2.75. The minimum absolute atomic E-state index is 0.176. The Balaban J connectivity index is 1.79. The van der Waals surface area contributed by atoms with Crippen LogP contribution in [0.4, 0.5) is 5.69 Å². The lowest BCUT2D eigenvalue weighted by atomic mass is 9.93. The van der Waals surface area contributed by atoms with Crippen LogP contribution < -0.4 is 0 Å². The van der Waals surface area contributed by atoms with Gasteiger partial charge in [0.15, 0.2) is 0 Å². The Labute approximate surface area is 185 Å². The summed E-state index contributed by atoms with van der Waals surface area (Å²) in [4.78, 5) is 23.5. The van der Waals surface area contributed by atoms with Crippen molar-refractivity contribution in [3.05, 3.63) is 111 Å². The molecule has 4 rings (SSSR count). The van der Waals surface area contributed by atoms with E-state index >= 15 is 0 Å². The summed E-state index contributed by atoms with van der Waals surface area (Å²) in [5.74, 6) is -0.618. The van der Waals surface area contributed by atoms with E-state index in [1.807, 2.05) is 43.3 Å². The molecule has 3 aromatic carbocycles. The first-order valence-electron chi connectivity index (χ1n) is 9.93. The Bertz CT molecular complexity index is 1320. The molecule has 1 aliphatic heterocycles. The van der Waals surface area contributed by atoms with Crippen LogP contribution in [0, 0.1) is 17.0 Å². The lowest BCUT2D eigenvalue weighted by molar-refractivity contribution is -0.384. The fourth-order valence-corrected chi connectivity index (χ4v) is 5.28. The Morgan fingerprint density at radius 3 is 2.38 bits per heavy atom. The highest BCUT2D eigenvalue weighted by molar-refractivity contribution is 7.89. The maximum absolute atomic E-state index is 13.5. The number of carbonyl (C=O) groups excluding carboxylic acids is 1. The molecule has 0 bridgehead atoms. The van der Waals surface area contributed by atoms with Crippen molar-refractivity contribution in [1.29, 1.82) is 0 Å². The van der Waals surface area contributed by atoms with Gasteiger partial charge in [-0.3, -0.25) is 14.9 Å². The number of fused-ring (bicyclic) bond motifs is 1. The predicted octanol–water partition coefficient (Wildman–Crippen LogP) is 4.37. The fraction of sp³-hybridized carbons (Fsp3) is 0.125. The SMILES string of the molecule is Cc1ccc2c(c1)C[C@@H](/C=C/c1ccccc1)N(S(=O)(=O)c1ccc([N+](=O)[O-])cc1)C2=O. The van der Waals surface area contributed by atoms with E-state index in [-0.39, 0.29) is 10.6 Å². The standard InChI is InChI=1S/C24H20N2O5S/c1-17-7-14-23-19(15-17)16-21(9-8-18-5-3-2-4-6-18)25(24(23)27)32(30,31)22-12-10-20(11-13-22)26(28)29/h2-15,21H,16H2,1H3/b9-8+/t21-/m1/s1. The molecule has 1 atom stereocenters. The second kappa shape index (κ2) is 8.39. The summed E-state index contributed by atoms with van der Waals surface area (Å²) in [6.45, 7) is 1.92. The van der Waals surface area contributed by atoms with E-state index in [1.165, 1.54) is 0 Å². The van der Waals surface area contributed by atoms with E-state index in [2.05, 4.69) is 0 Å². The van der Waals surface area contributed by atoms with Crippen molar-refractivity contribution in [2.45, 2.75) is 24.3 Å². The molecule has 162 valence electrons. The molecule has 1 heterocycles. The molecule has 0 saturated carbocycles. The van der Waals surface area contributed by atoms with Crippen molar-refractivity contribution < 1.29 is 18.1 Å². The molecule has 32 heavy (non-hydrogen) atoms. The number of carbonyl (C=O) groups is 1. The van der Waals surface area contributed by atoms with Gasteiger partial charge in [0.05, 0.1) is 15.9 Å². The zero-order valence-corrected chi connectivity index (χ0v) is 18.0. The third kappa shape index (κ3) is 4.04. The van der Waals surface area contributed by atoms with Crippen molar-refractivity contribution in [2.24, 2.45) is 0 Å². The van der Waals surface area contributed by atoms with Crippen LogP contribution in [0.3, 0.4) is 0 Å². The van der Waals surface area contributed by atoms with Gasteiger partial charge >= 0.3 is 0 Å². The first-order chi connectivity index (χ1) is 15.3. The molecule has 0 radical (unpaired) electrons. The number of benzene rings is 3. The number of amides is 1. The van der Waals surface area contributed by atoms with Gasteiger partial charge < -0.3 is 0 Å². The monoisotopic (exact) mass is 448 g/mol. The summed E-state index contributed by atoms with van der Waals surface area (Å²) in [6.07, 6.45) is 3.83. The van der Waals surface area contributed by atoms with Crippen LogP contribution in [-0.2, 0) is 16.4 Å². The number of hydrogen-bond donors (Lipinski definition) is 0. The van der Waals surface area contributed by atoms with E-state index in [0.717, 1.165) is 45.3 Å². The van der Waals surface area contributed by atoms with Crippen LogP contribution in [0.2, 0.25) is 0 Å². The first kappa shape index (κ1) is 21.5. The number of rotatable bonds is 5. The molecule has 0 spiro atoms. The van der Waals surface area contributed by atoms with Crippen molar-refractivity contribution >= 4 is 27.7 Å². The molecular formula is C24H20N2O5S. The maximum atomic E-state index is 13.5. The quantitative estimate of drug-likeness (QED) is 0.426. The van der Waals surface area contributed by atoms with Gasteiger partial charge in [-0.05, 0) is 42.7 Å². The minimum Gasteiger partial charge on any atom is -0.268 e. The van der Waals surface area contributed by atoms with Gasteiger partial charge in [0.1, 0.15) is 0 Å². The van der Waals surface area contributed by atoms with Crippen LogP contribution in [0.25, 0.3) is 6.08 Å². The molecule has 0 fully saturated rings. The van der Waals surface area contributed by atoms with Gasteiger partial charge in [0.2, 0.25) is 0 Å². The summed E-state index contributed by atoms with van der Waals surface area (Å²) >= 11 is 0. The number of non-ortho nitro benzene ring substituents is 1. The highest BCUT2D eigenvalue weighted by Crippen LogP contribution is 2.31. The molecule has 0 unspecified atom stereocenters. The predicted molar refractivity (Wildman–Crippen MR) is 121 cm³/mol. The van der Waals surface area contributed by atoms with E-state index in [9.17, 15) is 23.3 Å². The lowest BCUT2D eigenvalue weighted by Crippen LogP contribution is -2.48. The molecular weight excluding hydrogens is 428 g/mol. The topological polar surface area (TPSA) is 97.6 Å². The van der Waals surface area contributed by atoms with Crippen molar-refractivity contribution in [1.82, 2.24) is 4.31 Å². The van der Waals surface area contributed by atoms with E-state index in [4.69, 9.17) is 0 Å². The minimum atomic E-state index is -4.25. The van der Waals surface area contributed by atoms with Crippen LogP contribution >= 0.6 is 0 Å². The Morgan fingerprint density at radius 2 is 1.72 bits per heavy atom. The third-order valence-corrected chi connectivity index (χ3v) is 7.16. The molecule has 3 aromatic rings. The molecule has 1 aliphatic rings. The highest BCUT2D eigenvalue weighted by atomic mass is 32.2. The number of nitro benzene ring substituents is 1. The average Bonchev–Trinajstić information content (AvgIpc) is 2.78. The number of aryl methyl sites for hydroxylation is 1. The van der Waals surface area contributed by atoms with Gasteiger partial charge in [-0.1, -0.05) is 60.2 Å². The van der Waals surface area contributed by atoms with Gasteiger partial charge in [0, 0.05) is 17.7 Å². The van der Waals surface area contributed by atoms with Crippen LogP contribution in [0.1, 0.15) is 27.0 Å². The average molecular weight is 449 g/mol. The number of nitrogens with zero attached hydrogens (tertiary/aromatic N) is 2. The van der Waals surface area contributed by atoms with Crippen molar-refractivity contribution in [3.63, 3.8) is 0 Å². The molecule has 0 aliphatic carbocycles. The lowest BCUT2D eigenvalue weighted by Gasteiger charge is -2.34. The molecule has 0 aromatic heterocycles. The first-order valence-corrected chi connectivity index (χ1v) is 11.4. The van der Waals surface area contributed by atoms with Crippen molar-refractivity contribution in [2.75, 3.05) is 0 Å². The summed E-state index contributed by atoms with van der Waals surface area (Å²) < 4.78 is 27.8. The summed E-state index contributed by atoms with van der Waals surface area (Å²) in [7, 11) is -4.25. The second-order valence-corrected chi connectivity index (χ2v) is 9.37. The van der Waals surface area contributed by atoms with Gasteiger partial charge in [-0.25, -0.2) is 12.7 Å². The second-order valence-electron chi connectivity index (χ2n) is 7.56. The molecule has 8 heteroatoms. The fourth-order valence-electron chi connectivity index (χ4n) is 3.75. The summed E-state index contributed by atoms with van der Waals surface area (Å²) in [6, 6.07) is 18.5. The van der Waals surface area contributed by atoms with Crippen molar-refractivity contribution in [3.8, 4) is 0 Å². The number of nitro groups is 1. The van der Waals surface area contributed by atoms with Crippen LogP contribution in [0.15, 0.2) is 83.8 Å². The third-order valence-electron chi connectivity index (χ3n) is 5.34. The van der Waals surface area contributed by atoms with Crippen LogP contribution in [-0.4, -0.2) is 29.6 Å². The van der Waals surface area contributed by atoms with E-state index in [0.29, 0.717) is 12.0 Å². The Hall–Kier alpha value is -3.78. The molecule has 0 saturated heterocycles. The van der Waals surface area contributed by atoms with Gasteiger partial charge in [0.25, 0.3) is 21.6 Å². The zero-order valence-electron chi connectivity index (χ0n) is 17.2. The highest BCUT2D eigenvalue weighted by Gasteiger charge is 2.40. The summed E-state index contributed by atoms with van der Waals surface area (Å²) in [5, 5.41) is 10.9. The van der Waals surface area contributed by atoms with E-state index < -0.39 is 26.9 Å². The molecule has 7 nitrogen and oxygen atoms in total. The Kier molecular flexibility index (Phi) is 5.63. The number of sulfonamides is 1. The van der Waals surface area contributed by atoms with Gasteiger partial charge in [-0.2, -0.15) is 0 Å². The smallest absolute Gasteiger partial charge is 0.268 e. The zero-order chi connectivity index (χ0) is 22.9. The van der Waals surface area contributed by atoms with Crippen LogP contribution in [0.5, 0.6) is 0 Å². The maximum Gasteiger partial charge on any atom is 0.269 e. The largest absolute Gasteiger partial charge is 0.269 e. The number of hydrogen-bond acceptors (Lipinski definition) is 5. The molecule has 0 N–H and O–H groups in total.